The van der Waals surface area contributed by atoms with Crippen LogP contribution in [0.1, 0.15) is 49.1 Å². The van der Waals surface area contributed by atoms with Gasteiger partial charge in [-0.15, -0.1) is 0 Å². The zero-order valence-corrected chi connectivity index (χ0v) is 19.2. The van der Waals surface area contributed by atoms with Crippen molar-refractivity contribution in [2.24, 2.45) is 5.92 Å². The van der Waals surface area contributed by atoms with Crippen LogP contribution >= 0.6 is 11.6 Å². The fraction of sp³-hybridized carbons (Fsp3) is 0.385. The first kappa shape index (κ1) is 22.0. The Hall–Kier alpha value is -2.83. The van der Waals surface area contributed by atoms with E-state index in [4.69, 9.17) is 16.0 Å². The molecule has 172 valence electrons. The van der Waals surface area contributed by atoms with E-state index in [1.165, 1.54) is 25.9 Å². The topological polar surface area (TPSA) is 74.6 Å². The lowest BCUT2D eigenvalue weighted by molar-refractivity contribution is -0.121. The van der Waals surface area contributed by atoms with Gasteiger partial charge in [0.05, 0.1) is 0 Å². The average molecular weight is 466 g/mol. The van der Waals surface area contributed by atoms with Crippen LogP contribution in [0.4, 0.5) is 11.4 Å². The van der Waals surface area contributed by atoms with Crippen LogP contribution in [0.2, 0.25) is 5.02 Å². The summed E-state index contributed by atoms with van der Waals surface area (Å²) in [5, 5.41) is 7.17. The number of furan rings is 1. The summed E-state index contributed by atoms with van der Waals surface area (Å²) >= 11 is 5.94. The molecule has 0 bridgehead atoms. The van der Waals surface area contributed by atoms with Crippen molar-refractivity contribution in [3.8, 4) is 0 Å². The minimum Gasteiger partial charge on any atom is -0.449 e. The predicted molar refractivity (Wildman–Crippen MR) is 131 cm³/mol. The zero-order chi connectivity index (χ0) is 22.8. The van der Waals surface area contributed by atoms with Gasteiger partial charge in [0, 0.05) is 28.1 Å². The highest BCUT2D eigenvalue weighted by atomic mass is 35.5. The summed E-state index contributed by atoms with van der Waals surface area (Å²) in [5.74, 6) is -0.404. The average Bonchev–Trinajstić information content (AvgIpc) is 3.50. The van der Waals surface area contributed by atoms with Crippen LogP contribution in [-0.2, 0) is 4.79 Å². The van der Waals surface area contributed by atoms with Gasteiger partial charge >= 0.3 is 0 Å². The van der Waals surface area contributed by atoms with Crippen molar-refractivity contribution in [1.29, 1.82) is 0 Å². The van der Waals surface area contributed by atoms with Gasteiger partial charge in [-0.25, -0.2) is 0 Å². The van der Waals surface area contributed by atoms with E-state index in [1.807, 2.05) is 18.2 Å². The molecular formula is C26H28ClN3O3. The van der Waals surface area contributed by atoms with Crippen molar-refractivity contribution in [3.05, 3.63) is 59.3 Å². The first-order valence-corrected chi connectivity index (χ1v) is 12.1. The normalized spacial score (nSPS) is 21.2. The van der Waals surface area contributed by atoms with Crippen molar-refractivity contribution in [3.63, 3.8) is 0 Å². The fourth-order valence-corrected chi connectivity index (χ4v) is 5.21. The molecule has 7 heteroatoms. The highest BCUT2D eigenvalue weighted by Crippen LogP contribution is 2.34. The molecule has 0 spiro atoms. The van der Waals surface area contributed by atoms with Gasteiger partial charge in [0.25, 0.3) is 5.91 Å². The lowest BCUT2D eigenvalue weighted by Crippen LogP contribution is -2.38. The van der Waals surface area contributed by atoms with Crippen LogP contribution < -0.4 is 10.6 Å². The van der Waals surface area contributed by atoms with E-state index < -0.39 is 5.91 Å². The predicted octanol–water partition coefficient (Wildman–Crippen LogP) is 5.93. The molecular weight excluding hydrogens is 438 g/mol. The van der Waals surface area contributed by atoms with Crippen molar-refractivity contribution in [2.45, 2.75) is 44.6 Å². The molecule has 1 saturated carbocycles. The molecule has 1 aliphatic carbocycles. The fourth-order valence-electron chi connectivity index (χ4n) is 5.09. The number of hydrogen-bond donors (Lipinski definition) is 2. The third-order valence-corrected chi connectivity index (χ3v) is 7.13. The highest BCUT2D eigenvalue weighted by Gasteiger charge is 2.32. The van der Waals surface area contributed by atoms with Crippen LogP contribution in [0.3, 0.4) is 0 Å². The summed E-state index contributed by atoms with van der Waals surface area (Å²) < 4.78 is 5.87. The molecule has 2 fully saturated rings. The van der Waals surface area contributed by atoms with E-state index in [2.05, 4.69) is 15.5 Å². The number of rotatable bonds is 5. The lowest BCUT2D eigenvalue weighted by Gasteiger charge is -2.33. The number of benzene rings is 2. The van der Waals surface area contributed by atoms with Crippen molar-refractivity contribution in [1.82, 2.24) is 4.90 Å². The Bertz CT molecular complexity index is 1140. The zero-order valence-electron chi connectivity index (χ0n) is 18.5. The second kappa shape index (κ2) is 9.57. The third kappa shape index (κ3) is 4.77. The van der Waals surface area contributed by atoms with Gasteiger partial charge in [-0.05, 0) is 88.0 Å². The van der Waals surface area contributed by atoms with Crippen molar-refractivity contribution < 1.29 is 14.0 Å². The summed E-state index contributed by atoms with van der Waals surface area (Å²) in [6.07, 6.45) is 6.41. The quantitative estimate of drug-likeness (QED) is 0.489. The maximum Gasteiger partial charge on any atom is 0.293 e. The Balaban J connectivity index is 1.32. The van der Waals surface area contributed by atoms with Gasteiger partial charge in [0.1, 0.15) is 11.3 Å². The van der Waals surface area contributed by atoms with Crippen LogP contribution in [-0.4, -0.2) is 35.8 Å². The molecule has 1 saturated heterocycles. The SMILES string of the molecule is O=C(Nc1ccc(Cl)cc1)c1oc2ccccc2c1NC(=O)C1CCC(N2CCCC2)CC1. The maximum atomic E-state index is 13.2. The monoisotopic (exact) mass is 465 g/mol. The number of amides is 2. The number of fused-ring (bicyclic) bond motifs is 1. The minimum absolute atomic E-state index is 0.0398. The molecule has 2 heterocycles. The van der Waals surface area contributed by atoms with E-state index >= 15 is 0 Å². The Labute approximate surface area is 198 Å². The standard InChI is InChI=1S/C26H28ClN3O3/c27-18-9-11-19(12-10-18)28-26(32)24-23(21-5-1-2-6-22(21)33-24)29-25(31)17-7-13-20(14-8-17)30-15-3-4-16-30/h1-2,5-6,9-12,17,20H,3-4,7-8,13-16H2,(H,28,32)(H,29,31). The Morgan fingerprint density at radius 3 is 2.33 bits per heavy atom. The van der Waals surface area contributed by atoms with Crippen LogP contribution in [0.5, 0.6) is 0 Å². The number of carbonyl (C=O) groups is 2. The summed E-state index contributed by atoms with van der Waals surface area (Å²) in [6.45, 7) is 2.38. The molecule has 0 radical (unpaired) electrons. The van der Waals surface area contributed by atoms with Crippen LogP contribution in [0, 0.1) is 5.92 Å². The number of anilines is 2. The first-order valence-electron chi connectivity index (χ1n) is 11.7. The van der Waals surface area contributed by atoms with Gasteiger partial charge in [-0.1, -0.05) is 23.7 Å². The molecule has 2 N–H and O–H groups in total. The number of likely N-dealkylation sites (tertiary alicyclic amines) is 1. The number of para-hydroxylation sites is 1. The second-order valence-electron chi connectivity index (χ2n) is 9.00. The third-order valence-electron chi connectivity index (χ3n) is 6.88. The van der Waals surface area contributed by atoms with E-state index in [9.17, 15) is 9.59 Å². The molecule has 2 aromatic carbocycles. The van der Waals surface area contributed by atoms with Crippen molar-refractivity contribution >= 4 is 45.8 Å². The second-order valence-corrected chi connectivity index (χ2v) is 9.44. The van der Waals surface area contributed by atoms with Gasteiger partial charge < -0.3 is 20.0 Å². The maximum absolute atomic E-state index is 13.2. The van der Waals surface area contributed by atoms with Crippen LogP contribution in [0.15, 0.2) is 52.9 Å². The first-order chi connectivity index (χ1) is 16.1. The molecule has 2 aliphatic rings. The number of nitrogens with one attached hydrogen (secondary N) is 2. The molecule has 0 atom stereocenters. The highest BCUT2D eigenvalue weighted by molar-refractivity contribution is 6.30. The molecule has 1 aliphatic heterocycles. The summed E-state index contributed by atoms with van der Waals surface area (Å²) in [6, 6.07) is 14.8. The summed E-state index contributed by atoms with van der Waals surface area (Å²) in [4.78, 5) is 28.8. The number of nitrogens with zero attached hydrogens (tertiary/aromatic N) is 1. The van der Waals surface area contributed by atoms with E-state index in [0.717, 1.165) is 31.1 Å². The smallest absolute Gasteiger partial charge is 0.293 e. The Morgan fingerprint density at radius 2 is 1.61 bits per heavy atom. The number of halogens is 1. The molecule has 3 aromatic rings. The van der Waals surface area contributed by atoms with E-state index in [-0.39, 0.29) is 17.6 Å². The van der Waals surface area contributed by atoms with Crippen LogP contribution in [0.25, 0.3) is 11.0 Å². The minimum atomic E-state index is -0.415. The molecule has 6 nitrogen and oxygen atoms in total. The number of hydrogen-bond acceptors (Lipinski definition) is 4. The van der Waals surface area contributed by atoms with E-state index in [1.54, 1.807) is 30.3 Å². The number of carbonyl (C=O) groups excluding carboxylic acids is 2. The summed E-state index contributed by atoms with van der Waals surface area (Å²) in [5.41, 5.74) is 1.60. The molecule has 1 aromatic heterocycles. The Morgan fingerprint density at radius 1 is 0.909 bits per heavy atom. The molecule has 5 rings (SSSR count). The van der Waals surface area contributed by atoms with Gasteiger partial charge in [-0.3, -0.25) is 9.59 Å². The molecule has 33 heavy (non-hydrogen) atoms. The van der Waals surface area contributed by atoms with Gasteiger partial charge in [-0.2, -0.15) is 0 Å². The Kier molecular flexibility index (Phi) is 6.38. The van der Waals surface area contributed by atoms with Crippen molar-refractivity contribution in [2.75, 3.05) is 23.7 Å². The largest absolute Gasteiger partial charge is 0.449 e. The van der Waals surface area contributed by atoms with Gasteiger partial charge in [0.2, 0.25) is 11.7 Å². The van der Waals surface area contributed by atoms with E-state index in [0.29, 0.717) is 28.0 Å². The lowest BCUT2D eigenvalue weighted by atomic mass is 9.84. The summed E-state index contributed by atoms with van der Waals surface area (Å²) in [7, 11) is 0. The molecule has 0 unspecified atom stereocenters. The van der Waals surface area contributed by atoms with Gasteiger partial charge in [0.15, 0.2) is 0 Å². The molecule has 2 amide bonds.